The molecule has 3 heterocycles. The second-order valence-electron chi connectivity index (χ2n) is 12.7. The molecule has 0 unspecified atom stereocenters. The van der Waals surface area contributed by atoms with Crippen LogP contribution in [0.2, 0.25) is 0 Å². The average Bonchev–Trinajstić information content (AvgIpc) is 3.82. The second kappa shape index (κ2) is 12.3. The van der Waals surface area contributed by atoms with Crippen LogP contribution in [0, 0.1) is 0 Å². The summed E-state index contributed by atoms with van der Waals surface area (Å²) < 4.78 is 8.62. The maximum Gasteiger partial charge on any atom is 0.238 e. The molecule has 0 radical (unpaired) electrons. The van der Waals surface area contributed by atoms with Gasteiger partial charge in [0.2, 0.25) is 11.8 Å². The lowest BCUT2D eigenvalue weighted by Crippen LogP contribution is -2.06. The topological polar surface area (TPSA) is 69.6 Å². The number of hydrogen-bond acceptors (Lipinski definition) is 5. The molecule has 0 bridgehead atoms. The molecule has 0 aliphatic rings. The summed E-state index contributed by atoms with van der Waals surface area (Å²) in [5, 5.41) is 2.27. The Kier molecular flexibility index (Phi) is 7.03. The highest BCUT2D eigenvalue weighted by Crippen LogP contribution is 2.39. The average molecular weight is 668 g/mol. The predicted molar refractivity (Wildman–Crippen MR) is 209 cm³/mol. The Labute approximate surface area is 299 Å². The molecule has 0 fully saturated rings. The van der Waals surface area contributed by atoms with Gasteiger partial charge in [0.15, 0.2) is 17.2 Å². The first-order chi connectivity index (χ1) is 25.8. The van der Waals surface area contributed by atoms with Crippen molar-refractivity contribution in [3.8, 4) is 62.4 Å². The minimum atomic E-state index is 0.499. The van der Waals surface area contributed by atoms with Gasteiger partial charge in [0.05, 0.1) is 16.6 Å². The highest BCUT2D eigenvalue weighted by Gasteiger charge is 2.22. The Hall–Kier alpha value is -7.18. The van der Waals surface area contributed by atoms with Gasteiger partial charge in [-0.15, -0.1) is 0 Å². The van der Waals surface area contributed by atoms with Gasteiger partial charge in [-0.2, -0.15) is 9.97 Å². The van der Waals surface area contributed by atoms with Crippen LogP contribution in [0.15, 0.2) is 180 Å². The van der Waals surface area contributed by atoms with E-state index in [9.17, 15) is 0 Å². The van der Waals surface area contributed by atoms with Crippen LogP contribution in [0.4, 0.5) is 0 Å². The van der Waals surface area contributed by atoms with Crippen molar-refractivity contribution < 1.29 is 4.42 Å². The van der Waals surface area contributed by atoms with E-state index in [0.29, 0.717) is 29.1 Å². The molecule has 0 atom stereocenters. The molecule has 0 amide bonds. The number of fused-ring (bicyclic) bond motifs is 4. The van der Waals surface area contributed by atoms with Gasteiger partial charge in [-0.1, -0.05) is 140 Å². The van der Waals surface area contributed by atoms with Gasteiger partial charge in [0, 0.05) is 21.9 Å². The van der Waals surface area contributed by atoms with Crippen LogP contribution in [0.3, 0.4) is 0 Å². The van der Waals surface area contributed by atoms with Crippen LogP contribution in [0.1, 0.15) is 0 Å². The van der Waals surface area contributed by atoms with Gasteiger partial charge in [-0.3, -0.25) is 4.57 Å². The Morgan fingerprint density at radius 3 is 1.73 bits per heavy atom. The Balaban J connectivity index is 1.22. The zero-order valence-electron chi connectivity index (χ0n) is 27.9. The number of benzene rings is 7. The molecule has 6 nitrogen and oxygen atoms in total. The second-order valence-corrected chi connectivity index (χ2v) is 12.7. The van der Waals surface area contributed by atoms with Gasteiger partial charge < -0.3 is 4.42 Å². The fourth-order valence-corrected chi connectivity index (χ4v) is 7.08. The van der Waals surface area contributed by atoms with E-state index in [1.54, 1.807) is 0 Å². The summed E-state index contributed by atoms with van der Waals surface area (Å²) >= 11 is 0. The monoisotopic (exact) mass is 667 g/mol. The van der Waals surface area contributed by atoms with E-state index in [0.717, 1.165) is 66.3 Å². The molecule has 52 heavy (non-hydrogen) atoms. The van der Waals surface area contributed by atoms with Crippen LogP contribution in [0.25, 0.3) is 95.3 Å². The first kappa shape index (κ1) is 29.7. The maximum atomic E-state index is 6.47. The van der Waals surface area contributed by atoms with Crippen molar-refractivity contribution in [3.63, 3.8) is 0 Å². The van der Waals surface area contributed by atoms with Crippen molar-refractivity contribution in [2.75, 3.05) is 0 Å². The van der Waals surface area contributed by atoms with Crippen molar-refractivity contribution in [2.45, 2.75) is 0 Å². The molecular weight excluding hydrogens is 639 g/mol. The first-order valence-electron chi connectivity index (χ1n) is 17.2. The lowest BCUT2D eigenvalue weighted by molar-refractivity contribution is 0.620. The molecule has 0 spiro atoms. The molecule has 244 valence electrons. The molecule has 0 N–H and O–H groups in total. The van der Waals surface area contributed by atoms with Crippen LogP contribution in [-0.4, -0.2) is 24.5 Å². The van der Waals surface area contributed by atoms with E-state index in [1.165, 1.54) is 0 Å². The van der Waals surface area contributed by atoms with Crippen molar-refractivity contribution in [2.24, 2.45) is 0 Å². The Morgan fingerprint density at radius 2 is 0.962 bits per heavy atom. The standard InChI is InChI=1S/C46H29N5O/c1-4-14-30(15-5-1)31-26-28-33(29-27-31)43-48-44(37-22-12-23-38-42(37)52-45(47-38)34-18-8-3-9-19-34)50-46(49-43)51-39-24-11-10-20-36(39)41-35(21-13-25-40(41)51)32-16-6-2-7-17-32/h1-29H. The molecule has 0 saturated heterocycles. The molecule has 6 heteroatoms. The lowest BCUT2D eigenvalue weighted by Gasteiger charge is -2.11. The van der Waals surface area contributed by atoms with Crippen molar-refractivity contribution in [3.05, 3.63) is 176 Å². The molecule has 10 aromatic rings. The van der Waals surface area contributed by atoms with Crippen LogP contribution < -0.4 is 0 Å². The largest absolute Gasteiger partial charge is 0.435 e. The quantitative estimate of drug-likeness (QED) is 0.176. The SMILES string of the molecule is c1ccc(-c2ccc(-c3nc(-c4cccc5nc(-c6ccccc6)oc45)nc(-n4c5ccccc5c5c(-c6ccccc6)cccc54)n3)cc2)cc1. The van der Waals surface area contributed by atoms with Gasteiger partial charge in [-0.25, -0.2) is 9.97 Å². The summed E-state index contributed by atoms with van der Waals surface area (Å²) in [6.45, 7) is 0. The molecule has 10 rings (SSSR count). The normalized spacial score (nSPS) is 11.5. The summed E-state index contributed by atoms with van der Waals surface area (Å²) in [5.41, 5.74) is 10.5. The van der Waals surface area contributed by atoms with Crippen molar-refractivity contribution in [1.82, 2.24) is 24.5 Å². The van der Waals surface area contributed by atoms with Gasteiger partial charge in [0.1, 0.15) is 5.52 Å². The van der Waals surface area contributed by atoms with Crippen LogP contribution in [0.5, 0.6) is 0 Å². The fraction of sp³-hybridized carbons (Fsp3) is 0. The third-order valence-corrected chi connectivity index (χ3v) is 9.53. The minimum absolute atomic E-state index is 0.499. The summed E-state index contributed by atoms with van der Waals surface area (Å²) in [4.78, 5) is 20.4. The van der Waals surface area contributed by atoms with E-state index >= 15 is 0 Å². The molecule has 0 aliphatic heterocycles. The number of oxazole rings is 1. The van der Waals surface area contributed by atoms with Crippen molar-refractivity contribution in [1.29, 1.82) is 0 Å². The van der Waals surface area contributed by atoms with E-state index in [-0.39, 0.29) is 0 Å². The smallest absolute Gasteiger partial charge is 0.238 e. The molecule has 3 aromatic heterocycles. The van der Waals surface area contributed by atoms with E-state index in [2.05, 4.69) is 120 Å². The van der Waals surface area contributed by atoms with E-state index < -0.39 is 0 Å². The zero-order chi connectivity index (χ0) is 34.4. The van der Waals surface area contributed by atoms with Crippen molar-refractivity contribution >= 4 is 32.9 Å². The molecule has 0 saturated carbocycles. The summed E-state index contributed by atoms with van der Waals surface area (Å²) in [6.07, 6.45) is 0. The highest BCUT2D eigenvalue weighted by molar-refractivity contribution is 6.15. The third kappa shape index (κ3) is 5.05. The summed E-state index contributed by atoms with van der Waals surface area (Å²) in [7, 11) is 0. The number of para-hydroxylation sites is 2. The number of aromatic nitrogens is 5. The summed E-state index contributed by atoms with van der Waals surface area (Å²) in [6, 6.07) is 60.0. The van der Waals surface area contributed by atoms with E-state index in [4.69, 9.17) is 24.4 Å². The van der Waals surface area contributed by atoms with Crippen LogP contribution >= 0.6 is 0 Å². The van der Waals surface area contributed by atoms with Gasteiger partial charge >= 0.3 is 0 Å². The van der Waals surface area contributed by atoms with Crippen LogP contribution in [-0.2, 0) is 0 Å². The van der Waals surface area contributed by atoms with E-state index in [1.807, 2.05) is 60.7 Å². The number of hydrogen-bond donors (Lipinski definition) is 0. The third-order valence-electron chi connectivity index (χ3n) is 9.53. The van der Waals surface area contributed by atoms with Gasteiger partial charge in [0.25, 0.3) is 0 Å². The molecule has 0 aliphatic carbocycles. The molecule has 7 aromatic carbocycles. The maximum absolute atomic E-state index is 6.47. The Morgan fingerprint density at radius 1 is 0.385 bits per heavy atom. The first-order valence-corrected chi connectivity index (χ1v) is 17.2. The molecular formula is C46H29N5O. The summed E-state index contributed by atoms with van der Waals surface area (Å²) in [5.74, 6) is 2.12. The minimum Gasteiger partial charge on any atom is -0.435 e. The Bertz CT molecular complexity index is 2880. The fourth-order valence-electron chi connectivity index (χ4n) is 7.08. The predicted octanol–water partition coefficient (Wildman–Crippen LogP) is 11.4. The zero-order valence-corrected chi connectivity index (χ0v) is 27.9. The lowest BCUT2D eigenvalue weighted by atomic mass is 9.99. The number of rotatable bonds is 6. The number of nitrogens with zero attached hydrogens (tertiary/aromatic N) is 5. The highest BCUT2D eigenvalue weighted by atomic mass is 16.3. The van der Waals surface area contributed by atoms with Gasteiger partial charge in [-0.05, 0) is 58.7 Å².